The van der Waals surface area contributed by atoms with Crippen LogP contribution in [0.1, 0.15) is 94.6 Å². The van der Waals surface area contributed by atoms with Crippen LogP contribution in [0.25, 0.3) is 0 Å². The zero-order valence-corrected chi connectivity index (χ0v) is 34.1. The standard InChI is InChI=1S/C40H59N5O10/c1-22(2)33(35(50)41-24(5)34(49)42-26-14-12-25(13-15-26)20-55-38(53)23(3)4)43-30(46)21-54-27(18-44-31(47)16-28(36(44)51)39(6,7)8)19-45-32(48)17-29(37(45)52)40(9,10)11/h12-15,22-24,27-29,33H,16-21H2,1-11H3,(H,41,50)(H,42,49)(H,43,46)/t24-,27?,28?,29?,33-/m0/s1. The van der Waals surface area contributed by atoms with Crippen molar-refractivity contribution in [2.24, 2.45) is 34.5 Å². The van der Waals surface area contributed by atoms with Crippen LogP contribution >= 0.6 is 0 Å². The molecule has 0 aromatic heterocycles. The van der Waals surface area contributed by atoms with Crippen LogP contribution in [-0.2, 0) is 54.4 Å². The maximum absolute atomic E-state index is 13.3. The molecule has 2 aliphatic heterocycles. The van der Waals surface area contributed by atoms with E-state index >= 15 is 0 Å². The summed E-state index contributed by atoms with van der Waals surface area (Å²) in [5.41, 5.74) is 0.225. The molecular weight excluding hydrogens is 710 g/mol. The zero-order valence-electron chi connectivity index (χ0n) is 34.1. The monoisotopic (exact) mass is 769 g/mol. The lowest BCUT2D eigenvalue weighted by molar-refractivity contribution is -0.149. The Kier molecular flexibility index (Phi) is 14.9. The van der Waals surface area contributed by atoms with Crippen molar-refractivity contribution in [3.05, 3.63) is 29.8 Å². The van der Waals surface area contributed by atoms with Crippen LogP contribution in [0, 0.1) is 34.5 Å². The molecular formula is C40H59N5O10. The number of imide groups is 2. The van der Waals surface area contributed by atoms with Gasteiger partial charge in [0.1, 0.15) is 25.3 Å². The van der Waals surface area contributed by atoms with E-state index in [9.17, 15) is 38.4 Å². The largest absolute Gasteiger partial charge is 0.461 e. The van der Waals surface area contributed by atoms with Crippen molar-refractivity contribution in [2.75, 3.05) is 25.0 Å². The van der Waals surface area contributed by atoms with Gasteiger partial charge >= 0.3 is 5.97 Å². The number of hydrogen-bond donors (Lipinski definition) is 3. The molecule has 3 rings (SSSR count). The smallest absolute Gasteiger partial charge is 0.308 e. The number of likely N-dealkylation sites (tertiary alicyclic amines) is 2. The molecule has 0 radical (unpaired) electrons. The number of ether oxygens (including phenoxy) is 2. The van der Waals surface area contributed by atoms with E-state index in [1.165, 1.54) is 6.92 Å². The molecule has 55 heavy (non-hydrogen) atoms. The summed E-state index contributed by atoms with van der Waals surface area (Å²) in [6.45, 7) is 18.5. The van der Waals surface area contributed by atoms with E-state index in [1.54, 1.807) is 52.0 Å². The number of benzene rings is 1. The number of nitrogens with one attached hydrogen (secondary N) is 3. The van der Waals surface area contributed by atoms with Gasteiger partial charge in [-0.2, -0.15) is 0 Å². The molecule has 3 N–H and O–H groups in total. The second-order valence-corrected chi connectivity index (χ2v) is 17.3. The van der Waals surface area contributed by atoms with Gasteiger partial charge in [0.25, 0.3) is 0 Å². The highest BCUT2D eigenvalue weighted by Crippen LogP contribution is 2.37. The van der Waals surface area contributed by atoms with Gasteiger partial charge < -0.3 is 25.4 Å². The van der Waals surface area contributed by atoms with Crippen LogP contribution in [-0.4, -0.2) is 95.0 Å². The van der Waals surface area contributed by atoms with Gasteiger partial charge in [-0.15, -0.1) is 0 Å². The van der Waals surface area contributed by atoms with Gasteiger partial charge in [-0.05, 0) is 41.4 Å². The number of carbonyl (C=O) groups excluding carboxylic acids is 8. The minimum absolute atomic E-state index is 0.00822. The van der Waals surface area contributed by atoms with Crippen LogP contribution < -0.4 is 16.0 Å². The van der Waals surface area contributed by atoms with Crippen molar-refractivity contribution in [2.45, 2.75) is 114 Å². The Labute approximate surface area is 324 Å². The summed E-state index contributed by atoms with van der Waals surface area (Å²) in [4.78, 5) is 106. The summed E-state index contributed by atoms with van der Waals surface area (Å²) in [6, 6.07) is 4.64. The summed E-state index contributed by atoms with van der Waals surface area (Å²) in [5.74, 6) is -5.53. The van der Waals surface area contributed by atoms with Crippen molar-refractivity contribution >= 4 is 53.0 Å². The number of esters is 1. The second-order valence-electron chi connectivity index (χ2n) is 17.3. The SMILES string of the molecule is CC(C)C(=O)OCc1ccc(NC(=O)[C@H](C)NC(=O)[C@@H](NC(=O)COC(CN2C(=O)CC(C(C)(C)C)C2=O)CN2C(=O)CC(C(C)(C)C)C2=O)C(C)C)cc1. The lowest BCUT2D eigenvalue weighted by Crippen LogP contribution is -2.54. The second kappa shape index (κ2) is 18.3. The van der Waals surface area contributed by atoms with E-state index in [-0.39, 0.29) is 44.4 Å². The highest BCUT2D eigenvalue weighted by Gasteiger charge is 2.48. The lowest BCUT2D eigenvalue weighted by Gasteiger charge is -2.29. The molecule has 0 bridgehead atoms. The van der Waals surface area contributed by atoms with Crippen LogP contribution in [0.15, 0.2) is 24.3 Å². The molecule has 1 aromatic carbocycles. The van der Waals surface area contributed by atoms with E-state index in [2.05, 4.69) is 16.0 Å². The van der Waals surface area contributed by atoms with Gasteiger partial charge in [-0.1, -0.05) is 81.4 Å². The molecule has 0 aliphatic carbocycles. The van der Waals surface area contributed by atoms with E-state index in [0.29, 0.717) is 5.69 Å². The minimum Gasteiger partial charge on any atom is -0.461 e. The first-order chi connectivity index (χ1) is 25.4. The number of anilines is 1. The summed E-state index contributed by atoms with van der Waals surface area (Å²) >= 11 is 0. The Morgan fingerprint density at radius 2 is 1.24 bits per heavy atom. The molecule has 2 saturated heterocycles. The first kappa shape index (κ1) is 44.7. The topological polar surface area (TPSA) is 198 Å². The normalized spacial score (nSPS) is 19.5. The predicted octanol–water partition coefficient (Wildman–Crippen LogP) is 3.20. The average molecular weight is 770 g/mol. The Bertz CT molecular complexity index is 1570. The van der Waals surface area contributed by atoms with Crippen molar-refractivity contribution in [1.29, 1.82) is 0 Å². The number of rotatable bonds is 16. The third-order valence-electron chi connectivity index (χ3n) is 9.89. The lowest BCUT2D eigenvalue weighted by atomic mass is 9.80. The van der Waals surface area contributed by atoms with E-state index in [0.717, 1.165) is 15.4 Å². The minimum atomic E-state index is -1.08. The number of amides is 7. The number of hydrogen-bond acceptors (Lipinski definition) is 10. The van der Waals surface area contributed by atoms with E-state index in [4.69, 9.17) is 9.47 Å². The molecule has 15 nitrogen and oxygen atoms in total. The Hall–Kier alpha value is -4.66. The fourth-order valence-corrected chi connectivity index (χ4v) is 6.24. The van der Waals surface area contributed by atoms with Gasteiger partial charge in [0.15, 0.2) is 0 Å². The zero-order chi connectivity index (χ0) is 41.6. The van der Waals surface area contributed by atoms with Gasteiger partial charge in [0, 0.05) is 18.5 Å². The van der Waals surface area contributed by atoms with Crippen molar-refractivity contribution < 1.29 is 47.8 Å². The molecule has 0 spiro atoms. The summed E-state index contributed by atoms with van der Waals surface area (Å²) in [6.07, 6.45) is -1.06. The first-order valence-electron chi connectivity index (χ1n) is 18.9. The Balaban J connectivity index is 1.65. The molecule has 15 heteroatoms. The van der Waals surface area contributed by atoms with Crippen LogP contribution in [0.2, 0.25) is 0 Å². The van der Waals surface area contributed by atoms with Gasteiger partial charge in [0.05, 0.1) is 36.9 Å². The highest BCUT2D eigenvalue weighted by atomic mass is 16.5. The molecule has 7 amide bonds. The molecule has 0 saturated carbocycles. The highest BCUT2D eigenvalue weighted by molar-refractivity contribution is 6.05. The molecule has 4 atom stereocenters. The first-order valence-corrected chi connectivity index (χ1v) is 18.9. The summed E-state index contributed by atoms with van der Waals surface area (Å²) in [5, 5.41) is 7.98. The predicted molar refractivity (Wildman–Crippen MR) is 202 cm³/mol. The third kappa shape index (κ3) is 12.2. The van der Waals surface area contributed by atoms with Gasteiger partial charge in [-0.3, -0.25) is 48.2 Å². The van der Waals surface area contributed by atoms with E-state index in [1.807, 2.05) is 41.5 Å². The average Bonchev–Trinajstić information content (AvgIpc) is 3.54. The molecule has 2 fully saturated rings. The van der Waals surface area contributed by atoms with Gasteiger partial charge in [0.2, 0.25) is 41.4 Å². The summed E-state index contributed by atoms with van der Waals surface area (Å²) < 4.78 is 11.1. The quantitative estimate of drug-likeness (QED) is 0.166. The fraction of sp³-hybridized carbons (Fsp3) is 0.650. The van der Waals surface area contributed by atoms with Crippen molar-refractivity contribution in [3.63, 3.8) is 0 Å². The third-order valence-corrected chi connectivity index (χ3v) is 9.89. The molecule has 1 aromatic rings. The Morgan fingerprint density at radius 3 is 1.65 bits per heavy atom. The van der Waals surface area contributed by atoms with Crippen molar-refractivity contribution in [1.82, 2.24) is 20.4 Å². The van der Waals surface area contributed by atoms with Crippen LogP contribution in [0.4, 0.5) is 5.69 Å². The Morgan fingerprint density at radius 1 is 0.745 bits per heavy atom. The van der Waals surface area contributed by atoms with Crippen molar-refractivity contribution in [3.8, 4) is 0 Å². The van der Waals surface area contributed by atoms with Gasteiger partial charge in [-0.25, -0.2) is 0 Å². The number of nitrogens with zero attached hydrogens (tertiary/aromatic N) is 2. The molecule has 304 valence electrons. The molecule has 2 aliphatic rings. The van der Waals surface area contributed by atoms with Crippen LogP contribution in [0.5, 0.6) is 0 Å². The molecule has 2 heterocycles. The maximum Gasteiger partial charge on any atom is 0.308 e. The van der Waals surface area contributed by atoms with E-state index < -0.39 is 94.7 Å². The maximum atomic E-state index is 13.3. The number of carbonyl (C=O) groups is 8. The van der Waals surface area contributed by atoms with Crippen LogP contribution in [0.3, 0.4) is 0 Å². The fourth-order valence-electron chi connectivity index (χ4n) is 6.24. The summed E-state index contributed by atoms with van der Waals surface area (Å²) in [7, 11) is 0. The molecule has 2 unspecified atom stereocenters.